The molecular weight excluding hydrogens is 348 g/mol. The zero-order valence-electron chi connectivity index (χ0n) is 14.8. The lowest BCUT2D eigenvalue weighted by atomic mass is 10.1. The summed E-state index contributed by atoms with van der Waals surface area (Å²) in [7, 11) is 0. The molecule has 2 aromatic rings. The number of nitrogens with two attached hydrogens (primary N) is 1. The molecule has 0 aliphatic carbocycles. The van der Waals surface area contributed by atoms with E-state index in [0.29, 0.717) is 44.8 Å². The lowest BCUT2D eigenvalue weighted by Gasteiger charge is -2.21. The fourth-order valence-electron chi connectivity index (χ4n) is 3.09. The Bertz CT molecular complexity index is 747. The average molecular weight is 372 g/mol. The minimum absolute atomic E-state index is 0.0699. The average Bonchev–Trinajstić information content (AvgIpc) is 3.03. The fourth-order valence-corrected chi connectivity index (χ4v) is 3.74. The second-order valence-corrected chi connectivity index (χ2v) is 7.29. The Hall–Kier alpha value is -2.25. The van der Waals surface area contributed by atoms with Gasteiger partial charge in [0.15, 0.2) is 0 Å². The third-order valence-electron chi connectivity index (χ3n) is 4.55. The largest absolute Gasteiger partial charge is 0.341 e. The van der Waals surface area contributed by atoms with E-state index in [-0.39, 0.29) is 11.8 Å². The van der Waals surface area contributed by atoms with Gasteiger partial charge in [0.05, 0.1) is 0 Å². The molecule has 2 N–H and O–H groups in total. The molecule has 0 atom stereocenters. The SMILES string of the molecule is NCc1nc(C(=O)N2CCCN(C(=O)CCc3ccccc3)CC2)cs1. The van der Waals surface area contributed by atoms with Crippen molar-refractivity contribution in [2.45, 2.75) is 25.8 Å². The summed E-state index contributed by atoms with van der Waals surface area (Å²) in [6.45, 7) is 2.82. The summed E-state index contributed by atoms with van der Waals surface area (Å²) in [4.78, 5) is 33.0. The standard InChI is InChI=1S/C19H24N4O2S/c20-13-17-21-16(14-26-17)19(25)23-10-4-9-22(11-12-23)18(24)8-7-15-5-2-1-3-6-15/h1-3,5-6,14H,4,7-13,20H2. The maximum Gasteiger partial charge on any atom is 0.273 e. The van der Waals surface area contributed by atoms with Gasteiger partial charge in [-0.25, -0.2) is 4.98 Å². The van der Waals surface area contributed by atoms with E-state index in [9.17, 15) is 9.59 Å². The van der Waals surface area contributed by atoms with Gasteiger partial charge in [-0.1, -0.05) is 30.3 Å². The number of hydrogen-bond acceptors (Lipinski definition) is 5. The second kappa shape index (κ2) is 8.91. The van der Waals surface area contributed by atoms with Crippen LogP contribution in [0.3, 0.4) is 0 Å². The van der Waals surface area contributed by atoms with Crippen molar-refractivity contribution < 1.29 is 9.59 Å². The zero-order valence-corrected chi connectivity index (χ0v) is 15.6. The van der Waals surface area contributed by atoms with E-state index in [1.807, 2.05) is 35.2 Å². The predicted octanol–water partition coefficient (Wildman–Crippen LogP) is 1.91. The van der Waals surface area contributed by atoms with Crippen LogP contribution in [0.1, 0.15) is 33.9 Å². The molecule has 1 saturated heterocycles. The topological polar surface area (TPSA) is 79.5 Å². The van der Waals surface area contributed by atoms with Crippen molar-refractivity contribution in [1.29, 1.82) is 0 Å². The Kier molecular flexibility index (Phi) is 6.35. The molecular formula is C19H24N4O2S. The Morgan fingerprint density at radius 3 is 2.54 bits per heavy atom. The number of amides is 2. The minimum atomic E-state index is -0.0699. The van der Waals surface area contributed by atoms with Gasteiger partial charge in [0.1, 0.15) is 10.7 Å². The number of nitrogens with zero attached hydrogens (tertiary/aromatic N) is 3. The highest BCUT2D eigenvalue weighted by Gasteiger charge is 2.24. The summed E-state index contributed by atoms with van der Waals surface area (Å²) in [6, 6.07) is 10.0. The predicted molar refractivity (Wildman–Crippen MR) is 102 cm³/mol. The maximum absolute atomic E-state index is 12.6. The summed E-state index contributed by atoms with van der Waals surface area (Å²) in [5, 5.41) is 2.53. The van der Waals surface area contributed by atoms with E-state index in [4.69, 9.17) is 5.73 Å². The number of thiazole rings is 1. The highest BCUT2D eigenvalue weighted by molar-refractivity contribution is 7.09. The first-order chi connectivity index (χ1) is 12.7. The van der Waals surface area contributed by atoms with Crippen LogP contribution in [-0.2, 0) is 17.8 Å². The highest BCUT2D eigenvalue weighted by atomic mass is 32.1. The minimum Gasteiger partial charge on any atom is -0.341 e. The normalized spacial score (nSPS) is 15.0. The third-order valence-corrected chi connectivity index (χ3v) is 5.42. The Morgan fingerprint density at radius 2 is 1.81 bits per heavy atom. The van der Waals surface area contributed by atoms with Gasteiger partial charge in [-0.2, -0.15) is 0 Å². The van der Waals surface area contributed by atoms with Gasteiger partial charge in [-0.05, 0) is 18.4 Å². The van der Waals surface area contributed by atoms with E-state index < -0.39 is 0 Å². The molecule has 0 unspecified atom stereocenters. The van der Waals surface area contributed by atoms with Crippen LogP contribution in [0.2, 0.25) is 0 Å². The molecule has 1 aromatic carbocycles. The van der Waals surface area contributed by atoms with Crippen LogP contribution in [0.25, 0.3) is 0 Å². The molecule has 0 radical (unpaired) electrons. The molecule has 1 fully saturated rings. The summed E-state index contributed by atoms with van der Waals surface area (Å²) < 4.78 is 0. The van der Waals surface area contributed by atoms with Gasteiger partial charge < -0.3 is 15.5 Å². The molecule has 7 heteroatoms. The first-order valence-corrected chi connectivity index (χ1v) is 9.81. The van der Waals surface area contributed by atoms with Crippen LogP contribution in [0, 0.1) is 0 Å². The third kappa shape index (κ3) is 4.68. The van der Waals surface area contributed by atoms with Crippen LogP contribution >= 0.6 is 11.3 Å². The fraction of sp³-hybridized carbons (Fsp3) is 0.421. The van der Waals surface area contributed by atoms with Crippen molar-refractivity contribution >= 4 is 23.2 Å². The monoisotopic (exact) mass is 372 g/mol. The molecule has 26 heavy (non-hydrogen) atoms. The van der Waals surface area contributed by atoms with E-state index in [2.05, 4.69) is 4.98 Å². The van der Waals surface area contributed by atoms with E-state index in [1.54, 1.807) is 10.3 Å². The van der Waals surface area contributed by atoms with Crippen LogP contribution in [0.4, 0.5) is 0 Å². The number of benzene rings is 1. The summed E-state index contributed by atoms with van der Waals surface area (Å²) in [5.74, 6) is 0.0850. The first kappa shape index (κ1) is 18.5. The summed E-state index contributed by atoms with van der Waals surface area (Å²) >= 11 is 1.41. The number of hydrogen-bond donors (Lipinski definition) is 1. The highest BCUT2D eigenvalue weighted by Crippen LogP contribution is 2.14. The van der Waals surface area contributed by atoms with Crippen LogP contribution in [0.15, 0.2) is 35.7 Å². The molecule has 6 nitrogen and oxygen atoms in total. The molecule has 0 saturated carbocycles. The second-order valence-electron chi connectivity index (χ2n) is 6.34. The molecule has 0 spiro atoms. The zero-order chi connectivity index (χ0) is 18.4. The molecule has 3 rings (SSSR count). The van der Waals surface area contributed by atoms with Gasteiger partial charge in [0.2, 0.25) is 5.91 Å². The number of carbonyl (C=O) groups excluding carboxylic acids is 2. The number of carbonyl (C=O) groups is 2. The van der Waals surface area contributed by atoms with Gasteiger partial charge in [0.25, 0.3) is 5.91 Å². The van der Waals surface area contributed by atoms with Crippen molar-refractivity contribution in [2.24, 2.45) is 5.73 Å². The van der Waals surface area contributed by atoms with E-state index in [0.717, 1.165) is 17.8 Å². The van der Waals surface area contributed by atoms with Crippen molar-refractivity contribution in [3.05, 3.63) is 52.0 Å². The quantitative estimate of drug-likeness (QED) is 0.869. The molecule has 2 heterocycles. The molecule has 138 valence electrons. The molecule has 1 aliphatic heterocycles. The molecule has 1 aromatic heterocycles. The lowest BCUT2D eigenvalue weighted by Crippen LogP contribution is -2.37. The first-order valence-electron chi connectivity index (χ1n) is 8.93. The number of rotatable bonds is 5. The van der Waals surface area contributed by atoms with Gasteiger partial charge >= 0.3 is 0 Å². The summed E-state index contributed by atoms with van der Waals surface area (Å²) in [6.07, 6.45) is 2.04. The molecule has 0 bridgehead atoms. The molecule has 2 amide bonds. The smallest absolute Gasteiger partial charge is 0.273 e. The Balaban J connectivity index is 1.52. The molecule has 1 aliphatic rings. The van der Waals surface area contributed by atoms with E-state index in [1.165, 1.54) is 16.9 Å². The van der Waals surface area contributed by atoms with Crippen molar-refractivity contribution in [3.63, 3.8) is 0 Å². The van der Waals surface area contributed by atoms with Crippen LogP contribution in [-0.4, -0.2) is 52.8 Å². The van der Waals surface area contributed by atoms with E-state index >= 15 is 0 Å². The van der Waals surface area contributed by atoms with Crippen molar-refractivity contribution in [3.8, 4) is 0 Å². The van der Waals surface area contributed by atoms with Crippen LogP contribution in [0.5, 0.6) is 0 Å². The van der Waals surface area contributed by atoms with Crippen molar-refractivity contribution in [1.82, 2.24) is 14.8 Å². The Morgan fingerprint density at radius 1 is 1.08 bits per heavy atom. The van der Waals surface area contributed by atoms with Gasteiger partial charge in [-0.3, -0.25) is 9.59 Å². The van der Waals surface area contributed by atoms with Gasteiger partial charge in [-0.15, -0.1) is 11.3 Å². The lowest BCUT2D eigenvalue weighted by molar-refractivity contribution is -0.131. The van der Waals surface area contributed by atoms with Gasteiger partial charge in [0, 0.05) is 44.5 Å². The Labute approximate surface area is 157 Å². The maximum atomic E-state index is 12.6. The summed E-state index contributed by atoms with van der Waals surface area (Å²) in [5.41, 5.74) is 7.20. The van der Waals surface area contributed by atoms with Crippen molar-refractivity contribution in [2.75, 3.05) is 26.2 Å². The number of aromatic nitrogens is 1. The number of aryl methyl sites for hydroxylation is 1. The van der Waals surface area contributed by atoms with Crippen LogP contribution < -0.4 is 5.73 Å².